The number of carbonyl (C=O) groups is 2. The Bertz CT molecular complexity index is 1370. The minimum atomic E-state index is -0.864. The summed E-state index contributed by atoms with van der Waals surface area (Å²) in [4.78, 5) is 33.4. The van der Waals surface area contributed by atoms with Gasteiger partial charge in [-0.3, -0.25) is 4.79 Å². The van der Waals surface area contributed by atoms with Crippen molar-refractivity contribution in [2.24, 2.45) is 11.7 Å². The SMILES string of the molecule is CCOc1ncc(Nc2nc(N[C@H](C3CCC3)[C@H](C)NC(=O)OC(C)(C)C)c(F)cc2C(N)=O)cc1-n1ccnn1. The first-order valence-corrected chi connectivity index (χ1v) is 13.5. The van der Waals surface area contributed by atoms with Crippen LogP contribution in [0.5, 0.6) is 5.88 Å². The molecular formula is C27H36FN9O4. The van der Waals surface area contributed by atoms with Crippen LogP contribution in [0.4, 0.5) is 26.5 Å². The third-order valence-corrected chi connectivity index (χ3v) is 6.53. The van der Waals surface area contributed by atoms with Gasteiger partial charge in [0.05, 0.1) is 42.5 Å². The number of aromatic nitrogens is 5. The molecule has 1 fully saturated rings. The fourth-order valence-electron chi connectivity index (χ4n) is 4.46. The monoisotopic (exact) mass is 569 g/mol. The summed E-state index contributed by atoms with van der Waals surface area (Å²) >= 11 is 0. The van der Waals surface area contributed by atoms with E-state index in [9.17, 15) is 9.59 Å². The van der Waals surface area contributed by atoms with E-state index < -0.39 is 29.5 Å². The molecule has 0 bridgehead atoms. The summed E-state index contributed by atoms with van der Waals surface area (Å²) < 4.78 is 27.8. The van der Waals surface area contributed by atoms with Gasteiger partial charge in [0.25, 0.3) is 5.91 Å². The Labute approximate surface area is 237 Å². The molecule has 5 N–H and O–H groups in total. The van der Waals surface area contributed by atoms with Gasteiger partial charge in [-0.2, -0.15) is 0 Å². The van der Waals surface area contributed by atoms with Gasteiger partial charge >= 0.3 is 6.09 Å². The van der Waals surface area contributed by atoms with Crippen LogP contribution < -0.4 is 26.4 Å². The molecule has 4 rings (SSSR count). The number of anilines is 3. The number of pyridine rings is 2. The first-order valence-electron chi connectivity index (χ1n) is 13.5. The van der Waals surface area contributed by atoms with Crippen LogP contribution in [0.15, 0.2) is 30.7 Å². The molecule has 3 aromatic rings. The van der Waals surface area contributed by atoms with E-state index >= 15 is 4.39 Å². The maximum absolute atomic E-state index is 15.3. The zero-order valence-corrected chi connectivity index (χ0v) is 23.8. The molecule has 2 atom stereocenters. The number of carbonyl (C=O) groups excluding carboxylic acids is 2. The lowest BCUT2D eigenvalue weighted by molar-refractivity contribution is 0.0492. The van der Waals surface area contributed by atoms with Gasteiger partial charge in [-0.05, 0) is 65.5 Å². The number of ether oxygens (including phenoxy) is 2. The summed E-state index contributed by atoms with van der Waals surface area (Å²) in [6, 6.07) is 1.95. The molecule has 0 aromatic carbocycles. The summed E-state index contributed by atoms with van der Waals surface area (Å²) in [7, 11) is 0. The minimum Gasteiger partial charge on any atom is -0.476 e. The van der Waals surface area contributed by atoms with E-state index in [1.54, 1.807) is 33.0 Å². The second-order valence-electron chi connectivity index (χ2n) is 10.8. The Hall–Kier alpha value is -4.49. The van der Waals surface area contributed by atoms with Crippen molar-refractivity contribution in [3.05, 3.63) is 42.1 Å². The fraction of sp³-hybridized carbons (Fsp3) is 0.481. The van der Waals surface area contributed by atoms with E-state index in [4.69, 9.17) is 15.2 Å². The van der Waals surface area contributed by atoms with Crippen LogP contribution in [0.1, 0.15) is 64.2 Å². The first kappa shape index (κ1) is 29.5. The maximum Gasteiger partial charge on any atom is 0.407 e. The molecule has 13 nitrogen and oxygen atoms in total. The highest BCUT2D eigenvalue weighted by atomic mass is 19.1. The summed E-state index contributed by atoms with van der Waals surface area (Å²) in [5.74, 6) is -1.20. The van der Waals surface area contributed by atoms with Crippen molar-refractivity contribution in [1.29, 1.82) is 0 Å². The molecule has 220 valence electrons. The number of alkyl carbamates (subject to hydrolysis) is 1. The van der Waals surface area contributed by atoms with Crippen molar-refractivity contribution in [1.82, 2.24) is 30.3 Å². The summed E-state index contributed by atoms with van der Waals surface area (Å²) in [5, 5.41) is 16.9. The van der Waals surface area contributed by atoms with Gasteiger partial charge in [0.1, 0.15) is 17.1 Å². The molecule has 41 heavy (non-hydrogen) atoms. The predicted molar refractivity (Wildman–Crippen MR) is 150 cm³/mol. The number of primary amides is 1. The van der Waals surface area contributed by atoms with Crippen molar-refractivity contribution in [3.63, 3.8) is 0 Å². The second-order valence-corrected chi connectivity index (χ2v) is 10.8. The third-order valence-electron chi connectivity index (χ3n) is 6.53. The van der Waals surface area contributed by atoms with Gasteiger partial charge in [0, 0.05) is 6.04 Å². The van der Waals surface area contributed by atoms with E-state index in [2.05, 4.69) is 36.2 Å². The molecule has 1 aliphatic carbocycles. The van der Waals surface area contributed by atoms with Crippen LogP contribution in [0.3, 0.4) is 0 Å². The van der Waals surface area contributed by atoms with E-state index in [0.717, 1.165) is 25.3 Å². The van der Waals surface area contributed by atoms with E-state index in [0.29, 0.717) is 23.9 Å². The number of nitrogens with two attached hydrogens (primary N) is 1. The lowest BCUT2D eigenvalue weighted by Gasteiger charge is -2.38. The molecule has 3 aromatic heterocycles. The smallest absolute Gasteiger partial charge is 0.407 e. The molecule has 14 heteroatoms. The third kappa shape index (κ3) is 7.38. The molecule has 1 aliphatic rings. The minimum absolute atomic E-state index is 0.0250. The van der Waals surface area contributed by atoms with Crippen molar-refractivity contribution >= 4 is 29.3 Å². The molecule has 0 radical (unpaired) electrons. The fourth-order valence-corrected chi connectivity index (χ4v) is 4.46. The first-order chi connectivity index (χ1) is 19.4. The number of hydrogen-bond acceptors (Lipinski definition) is 10. The summed E-state index contributed by atoms with van der Waals surface area (Å²) in [6.45, 7) is 9.37. The quantitative estimate of drug-likeness (QED) is 0.265. The zero-order chi connectivity index (χ0) is 29.7. The van der Waals surface area contributed by atoms with Gasteiger partial charge in [0.2, 0.25) is 5.88 Å². The van der Waals surface area contributed by atoms with Crippen LogP contribution in [0, 0.1) is 11.7 Å². The Morgan fingerprint density at radius 1 is 1.24 bits per heavy atom. The molecule has 0 unspecified atom stereocenters. The Morgan fingerprint density at radius 3 is 2.59 bits per heavy atom. The average Bonchev–Trinajstić information content (AvgIpc) is 3.38. The Morgan fingerprint density at radius 2 is 2.00 bits per heavy atom. The van der Waals surface area contributed by atoms with Gasteiger partial charge in [0.15, 0.2) is 11.6 Å². The number of nitrogens with zero attached hydrogens (tertiary/aromatic N) is 5. The van der Waals surface area contributed by atoms with Gasteiger partial charge in [-0.15, -0.1) is 5.10 Å². The van der Waals surface area contributed by atoms with Gasteiger partial charge in [-0.1, -0.05) is 11.6 Å². The van der Waals surface area contributed by atoms with Crippen LogP contribution >= 0.6 is 0 Å². The maximum atomic E-state index is 15.3. The van der Waals surface area contributed by atoms with E-state index in [1.165, 1.54) is 17.1 Å². The van der Waals surface area contributed by atoms with Crippen molar-refractivity contribution in [3.8, 4) is 11.6 Å². The van der Waals surface area contributed by atoms with E-state index in [-0.39, 0.29) is 29.2 Å². The number of hydrogen-bond donors (Lipinski definition) is 4. The van der Waals surface area contributed by atoms with Crippen LogP contribution in [0.2, 0.25) is 0 Å². The summed E-state index contributed by atoms with van der Waals surface area (Å²) in [5.41, 5.74) is 5.66. The highest BCUT2D eigenvalue weighted by Gasteiger charge is 2.34. The lowest BCUT2D eigenvalue weighted by Crippen LogP contribution is -2.51. The van der Waals surface area contributed by atoms with Crippen molar-refractivity contribution in [2.75, 3.05) is 17.2 Å². The van der Waals surface area contributed by atoms with Crippen molar-refractivity contribution < 1.29 is 23.5 Å². The number of nitrogens with one attached hydrogen (secondary N) is 3. The molecule has 1 saturated carbocycles. The van der Waals surface area contributed by atoms with E-state index in [1.807, 2.05) is 13.8 Å². The molecule has 3 heterocycles. The summed E-state index contributed by atoms with van der Waals surface area (Å²) in [6.07, 6.45) is 6.91. The van der Waals surface area contributed by atoms with Gasteiger partial charge < -0.3 is 31.2 Å². The molecule has 0 aliphatic heterocycles. The van der Waals surface area contributed by atoms with Crippen LogP contribution in [-0.4, -0.2) is 61.3 Å². The Balaban J connectivity index is 1.63. The number of halogens is 1. The van der Waals surface area contributed by atoms with Crippen LogP contribution in [0.25, 0.3) is 5.69 Å². The average molecular weight is 570 g/mol. The zero-order valence-electron chi connectivity index (χ0n) is 23.8. The normalized spacial score (nSPS) is 14.9. The topological polar surface area (TPSA) is 171 Å². The van der Waals surface area contributed by atoms with Gasteiger partial charge in [-0.25, -0.2) is 23.8 Å². The Kier molecular flexibility index (Phi) is 8.89. The van der Waals surface area contributed by atoms with Crippen molar-refractivity contribution in [2.45, 2.75) is 71.6 Å². The second kappa shape index (κ2) is 12.4. The molecule has 0 saturated heterocycles. The number of rotatable bonds is 11. The largest absolute Gasteiger partial charge is 0.476 e. The van der Waals surface area contributed by atoms with Crippen LogP contribution in [-0.2, 0) is 4.74 Å². The highest BCUT2D eigenvalue weighted by Crippen LogP contribution is 2.34. The molecule has 0 spiro atoms. The highest BCUT2D eigenvalue weighted by molar-refractivity contribution is 5.98. The standard InChI is InChI=1S/C27H36FN9O4/c1-6-40-25-20(37-11-10-31-36-37)12-17(14-30-25)33-23-18(22(29)38)13-19(28)24(35-23)34-21(16-8-7-9-16)15(2)32-26(39)41-27(3,4)5/h10-16,21H,6-9H2,1-5H3,(H2,29,38)(H,32,39)(H2,33,34,35)/t15-,21-/m0/s1. The molecule has 2 amide bonds. The molecular weight excluding hydrogens is 533 g/mol. The predicted octanol–water partition coefficient (Wildman–Crippen LogP) is 3.93. The lowest BCUT2D eigenvalue weighted by atomic mass is 9.77. The number of amides is 2.